The number of likely N-dealkylation sites (tertiary alicyclic amines) is 1. The summed E-state index contributed by atoms with van der Waals surface area (Å²) >= 11 is 0. The molecule has 2 aliphatic rings. The number of hydrogen-bond acceptors (Lipinski definition) is 6. The summed E-state index contributed by atoms with van der Waals surface area (Å²) in [5.74, 6) is 0.622. The third kappa shape index (κ3) is 3.25. The maximum absolute atomic E-state index is 5.95. The van der Waals surface area contributed by atoms with E-state index in [1.165, 1.54) is 25.9 Å². The van der Waals surface area contributed by atoms with Gasteiger partial charge in [0.25, 0.3) is 0 Å². The summed E-state index contributed by atoms with van der Waals surface area (Å²) < 4.78 is 11.5. The molecule has 1 aromatic heterocycles. The Balaban J connectivity index is 1.62. The fourth-order valence-electron chi connectivity index (χ4n) is 2.85. The van der Waals surface area contributed by atoms with Crippen LogP contribution in [0.4, 0.5) is 6.01 Å². The van der Waals surface area contributed by atoms with E-state index in [0.29, 0.717) is 11.9 Å². The van der Waals surface area contributed by atoms with Crippen molar-refractivity contribution in [1.82, 2.24) is 15.1 Å². The quantitative estimate of drug-likeness (QED) is 0.815. The first-order valence-electron chi connectivity index (χ1n) is 7.20. The lowest BCUT2D eigenvalue weighted by Gasteiger charge is -2.25. The molecule has 0 spiro atoms. The van der Waals surface area contributed by atoms with Crippen molar-refractivity contribution >= 4 is 6.01 Å². The molecule has 3 heterocycles. The Morgan fingerprint density at radius 3 is 2.74 bits per heavy atom. The number of rotatable bonds is 3. The molecular weight excluding hydrogens is 244 g/mol. The average molecular weight is 266 g/mol. The zero-order valence-corrected chi connectivity index (χ0v) is 11.5. The molecule has 3 rings (SSSR count). The van der Waals surface area contributed by atoms with E-state index in [4.69, 9.17) is 9.15 Å². The summed E-state index contributed by atoms with van der Waals surface area (Å²) in [7, 11) is 0. The van der Waals surface area contributed by atoms with E-state index in [2.05, 4.69) is 20.0 Å². The molecule has 0 amide bonds. The number of ether oxygens (including phenoxy) is 1. The molecule has 0 radical (unpaired) electrons. The summed E-state index contributed by atoms with van der Waals surface area (Å²) in [5, 5.41) is 8.03. The Labute approximate surface area is 113 Å². The molecule has 0 aromatic carbocycles. The highest BCUT2D eigenvalue weighted by atomic mass is 16.5. The molecule has 2 aliphatic heterocycles. The van der Waals surface area contributed by atoms with Gasteiger partial charge in [-0.05, 0) is 32.4 Å². The summed E-state index contributed by atoms with van der Waals surface area (Å²) in [4.78, 5) is 4.65. The monoisotopic (exact) mass is 266 g/mol. The van der Waals surface area contributed by atoms with E-state index >= 15 is 0 Å². The van der Waals surface area contributed by atoms with Crippen molar-refractivity contribution in [2.24, 2.45) is 0 Å². The van der Waals surface area contributed by atoms with Crippen molar-refractivity contribution in [3.63, 3.8) is 0 Å². The first-order chi connectivity index (χ1) is 9.31. The maximum atomic E-state index is 5.95. The van der Waals surface area contributed by atoms with Crippen molar-refractivity contribution in [3.8, 4) is 0 Å². The van der Waals surface area contributed by atoms with E-state index < -0.39 is 0 Å². The Morgan fingerprint density at radius 1 is 1.16 bits per heavy atom. The first-order valence-corrected chi connectivity index (χ1v) is 7.20. The van der Waals surface area contributed by atoms with E-state index in [0.717, 1.165) is 32.7 Å². The molecule has 0 N–H and O–H groups in total. The standard InChI is InChI=1S/C13H22N4O2/c1-11-14-15-13(19-11)17-7-4-8-18-12(10-17)9-16-5-2-3-6-16/h12H,2-10H2,1H3/t12-/m1/s1. The van der Waals surface area contributed by atoms with Gasteiger partial charge in [-0.1, -0.05) is 5.10 Å². The van der Waals surface area contributed by atoms with Gasteiger partial charge in [-0.3, -0.25) is 0 Å². The van der Waals surface area contributed by atoms with Gasteiger partial charge in [-0.15, -0.1) is 5.10 Å². The highest BCUT2D eigenvalue weighted by Crippen LogP contribution is 2.17. The number of aryl methyl sites for hydroxylation is 1. The van der Waals surface area contributed by atoms with Gasteiger partial charge in [0, 0.05) is 33.2 Å². The molecule has 1 aromatic rings. The molecule has 2 saturated heterocycles. The Kier molecular flexibility index (Phi) is 3.98. The Hall–Kier alpha value is -1.14. The van der Waals surface area contributed by atoms with Crippen LogP contribution in [0.25, 0.3) is 0 Å². The fourth-order valence-corrected chi connectivity index (χ4v) is 2.85. The van der Waals surface area contributed by atoms with Crippen LogP contribution in [0.1, 0.15) is 25.2 Å². The normalized spacial score (nSPS) is 25.7. The lowest BCUT2D eigenvalue weighted by molar-refractivity contribution is 0.0448. The zero-order chi connectivity index (χ0) is 13.1. The molecular formula is C13H22N4O2. The number of anilines is 1. The van der Waals surface area contributed by atoms with Crippen LogP contribution in [0.3, 0.4) is 0 Å². The van der Waals surface area contributed by atoms with Crippen molar-refractivity contribution in [2.45, 2.75) is 32.3 Å². The Bertz CT molecular complexity index is 403. The van der Waals surface area contributed by atoms with Crippen LogP contribution in [0.5, 0.6) is 0 Å². The van der Waals surface area contributed by atoms with Crippen LogP contribution in [0.2, 0.25) is 0 Å². The molecule has 106 valence electrons. The lowest BCUT2D eigenvalue weighted by atomic mass is 10.3. The van der Waals surface area contributed by atoms with Gasteiger partial charge >= 0.3 is 6.01 Å². The molecule has 0 saturated carbocycles. The summed E-state index contributed by atoms with van der Waals surface area (Å²) in [6, 6.07) is 0.634. The topological polar surface area (TPSA) is 54.6 Å². The second-order valence-electron chi connectivity index (χ2n) is 5.40. The molecule has 0 aliphatic carbocycles. The Morgan fingerprint density at radius 2 is 2.00 bits per heavy atom. The molecule has 19 heavy (non-hydrogen) atoms. The van der Waals surface area contributed by atoms with Crippen molar-refractivity contribution in [2.75, 3.05) is 44.2 Å². The van der Waals surface area contributed by atoms with Crippen LogP contribution in [0.15, 0.2) is 4.42 Å². The predicted molar refractivity (Wildman–Crippen MR) is 71.3 cm³/mol. The highest BCUT2D eigenvalue weighted by Gasteiger charge is 2.25. The predicted octanol–water partition coefficient (Wildman–Crippen LogP) is 1.07. The van der Waals surface area contributed by atoms with Gasteiger partial charge < -0.3 is 19.0 Å². The molecule has 0 bridgehead atoms. The number of aromatic nitrogens is 2. The van der Waals surface area contributed by atoms with Crippen molar-refractivity contribution in [3.05, 3.63) is 5.89 Å². The van der Waals surface area contributed by atoms with Crippen LogP contribution < -0.4 is 4.90 Å². The highest BCUT2D eigenvalue weighted by molar-refractivity contribution is 5.24. The lowest BCUT2D eigenvalue weighted by Crippen LogP contribution is -2.39. The SMILES string of the molecule is Cc1nnc(N2CCCO[C@H](CN3CCCC3)C2)o1. The first kappa shape index (κ1) is 12.9. The van der Waals surface area contributed by atoms with Gasteiger partial charge in [0.15, 0.2) is 0 Å². The van der Waals surface area contributed by atoms with E-state index in [-0.39, 0.29) is 6.10 Å². The second kappa shape index (κ2) is 5.88. The molecule has 6 heteroatoms. The smallest absolute Gasteiger partial charge is 0.318 e. The third-order valence-electron chi connectivity index (χ3n) is 3.80. The van der Waals surface area contributed by atoms with E-state index in [9.17, 15) is 0 Å². The minimum Gasteiger partial charge on any atom is -0.408 e. The van der Waals surface area contributed by atoms with Gasteiger partial charge in [0.1, 0.15) is 0 Å². The van der Waals surface area contributed by atoms with Gasteiger partial charge in [0.05, 0.1) is 6.10 Å². The van der Waals surface area contributed by atoms with Crippen molar-refractivity contribution in [1.29, 1.82) is 0 Å². The summed E-state index contributed by atoms with van der Waals surface area (Å²) in [6.07, 6.45) is 3.89. The minimum absolute atomic E-state index is 0.243. The fraction of sp³-hybridized carbons (Fsp3) is 0.846. The summed E-state index contributed by atoms with van der Waals surface area (Å²) in [5.41, 5.74) is 0. The number of nitrogens with zero attached hydrogens (tertiary/aromatic N) is 4. The van der Waals surface area contributed by atoms with E-state index in [1.54, 1.807) is 0 Å². The van der Waals surface area contributed by atoms with Gasteiger partial charge in [-0.25, -0.2) is 0 Å². The maximum Gasteiger partial charge on any atom is 0.318 e. The molecule has 0 unspecified atom stereocenters. The molecule has 1 atom stereocenters. The molecule has 2 fully saturated rings. The van der Waals surface area contributed by atoms with Crippen LogP contribution >= 0.6 is 0 Å². The van der Waals surface area contributed by atoms with Crippen LogP contribution in [0, 0.1) is 6.92 Å². The largest absolute Gasteiger partial charge is 0.408 e. The van der Waals surface area contributed by atoms with Crippen molar-refractivity contribution < 1.29 is 9.15 Å². The van der Waals surface area contributed by atoms with Crippen LogP contribution in [-0.4, -0.2) is 60.5 Å². The number of hydrogen-bond donors (Lipinski definition) is 0. The minimum atomic E-state index is 0.243. The second-order valence-corrected chi connectivity index (χ2v) is 5.40. The third-order valence-corrected chi connectivity index (χ3v) is 3.80. The molecule has 6 nitrogen and oxygen atoms in total. The zero-order valence-electron chi connectivity index (χ0n) is 11.5. The average Bonchev–Trinajstić information content (AvgIpc) is 2.99. The summed E-state index contributed by atoms with van der Waals surface area (Å²) in [6.45, 7) is 7.85. The van der Waals surface area contributed by atoms with Gasteiger partial charge in [-0.2, -0.15) is 0 Å². The van der Waals surface area contributed by atoms with E-state index in [1.807, 2.05) is 6.92 Å². The van der Waals surface area contributed by atoms with Gasteiger partial charge in [0.2, 0.25) is 5.89 Å². The van der Waals surface area contributed by atoms with Crippen LogP contribution in [-0.2, 0) is 4.74 Å².